The molecule has 1 unspecified atom stereocenters. The number of nitrogens with one attached hydrogen (secondary N) is 4. The summed E-state index contributed by atoms with van der Waals surface area (Å²) >= 11 is 0. The zero-order valence-corrected chi connectivity index (χ0v) is 32.2. The minimum atomic E-state index is -1.07. The van der Waals surface area contributed by atoms with Crippen LogP contribution >= 0.6 is 0 Å². The van der Waals surface area contributed by atoms with Gasteiger partial charge < -0.3 is 30.2 Å². The maximum atomic E-state index is 13.3. The average molecular weight is 802 g/mol. The van der Waals surface area contributed by atoms with Gasteiger partial charge in [0.15, 0.2) is 5.65 Å². The van der Waals surface area contributed by atoms with E-state index in [9.17, 15) is 28.8 Å². The molecule has 3 aliphatic heterocycles. The molecule has 1 atom stereocenters. The summed E-state index contributed by atoms with van der Waals surface area (Å²) in [7, 11) is 0. The van der Waals surface area contributed by atoms with Crippen molar-refractivity contribution >= 4 is 58.4 Å². The molecule has 0 aliphatic carbocycles. The van der Waals surface area contributed by atoms with E-state index in [2.05, 4.69) is 53.5 Å². The number of benzene rings is 2. The highest BCUT2D eigenvalue weighted by molar-refractivity contribution is 6.25. The van der Waals surface area contributed by atoms with E-state index in [4.69, 9.17) is 4.42 Å². The van der Waals surface area contributed by atoms with Gasteiger partial charge in [0.1, 0.15) is 18.1 Å². The molecule has 59 heavy (non-hydrogen) atoms. The van der Waals surface area contributed by atoms with Crippen LogP contribution in [0.15, 0.2) is 77.8 Å². The number of hydrogen-bond acceptors (Lipinski definition) is 13. The number of anilines is 3. The summed E-state index contributed by atoms with van der Waals surface area (Å²) in [6.07, 6.45) is 7.75. The Kier molecular flexibility index (Phi) is 11.3. The molecule has 4 N–H and O–H groups in total. The van der Waals surface area contributed by atoms with Crippen LogP contribution in [-0.2, 0) is 25.7 Å². The molecule has 2 saturated heterocycles. The molecule has 18 nitrogen and oxygen atoms in total. The van der Waals surface area contributed by atoms with Gasteiger partial charge in [0.05, 0.1) is 30.5 Å². The largest absolute Gasteiger partial charge is 0.467 e. The van der Waals surface area contributed by atoms with E-state index in [-0.39, 0.29) is 42.3 Å². The van der Waals surface area contributed by atoms with Crippen molar-refractivity contribution in [3.8, 4) is 11.1 Å². The van der Waals surface area contributed by atoms with Gasteiger partial charge in [-0.25, -0.2) is 4.98 Å². The van der Waals surface area contributed by atoms with E-state index in [1.54, 1.807) is 30.9 Å². The van der Waals surface area contributed by atoms with Gasteiger partial charge in [-0.05, 0) is 61.2 Å². The lowest BCUT2D eigenvalue weighted by atomic mass is 10.0. The molecule has 0 spiro atoms. The summed E-state index contributed by atoms with van der Waals surface area (Å²) < 4.78 is 7.22. The summed E-state index contributed by atoms with van der Waals surface area (Å²) in [6.45, 7) is 3.51. The molecule has 18 heteroatoms. The number of carbonyl (C=O) groups excluding carboxylic acids is 6. The second-order valence-electron chi connectivity index (χ2n) is 14.6. The smallest absolute Gasteiger partial charge is 0.264 e. The Morgan fingerprint density at radius 2 is 1.71 bits per heavy atom. The summed E-state index contributed by atoms with van der Waals surface area (Å²) in [4.78, 5) is 85.6. The number of carbonyl (C=O) groups is 6. The Morgan fingerprint density at radius 1 is 0.881 bits per heavy atom. The molecule has 2 fully saturated rings. The lowest BCUT2D eigenvalue weighted by molar-refractivity contribution is -0.136. The number of imide groups is 2. The maximum Gasteiger partial charge on any atom is 0.264 e. The van der Waals surface area contributed by atoms with Gasteiger partial charge >= 0.3 is 0 Å². The summed E-state index contributed by atoms with van der Waals surface area (Å²) in [5, 5.41) is 19.7. The molecule has 6 amide bonds. The number of furan rings is 1. The van der Waals surface area contributed by atoms with Crippen molar-refractivity contribution in [3.63, 3.8) is 0 Å². The highest BCUT2D eigenvalue weighted by Crippen LogP contribution is 2.32. The number of unbranched alkanes of at least 4 members (excludes halogenated alkanes) is 2. The fourth-order valence-corrected chi connectivity index (χ4v) is 7.66. The highest BCUT2D eigenvalue weighted by Gasteiger charge is 2.45. The molecule has 8 rings (SSSR count). The first kappa shape index (κ1) is 38.7. The molecule has 0 bridgehead atoms. The third-order valence-electron chi connectivity index (χ3n) is 10.8. The zero-order chi connectivity index (χ0) is 40.9. The minimum Gasteiger partial charge on any atom is -0.467 e. The standard InChI is InChI=1S/C41H43N11O7/c53-33-15-14-32(38(56)47-33)52-39(57)29-7-4-8-31(36(29)40(52)58)43-24-34(54)42-16-3-1-2-9-35(55)50-19-17-49(18-20-50)27-12-10-26(11-13-27)30-23-45-41(51-25-46-48-37(30)51)44-22-28-6-5-21-59-28/h4-8,10-13,21,23,25,32,43H,1-3,9,14-20,22,24H2,(H,42,54)(H,44,45)(H,47,53,56). The SMILES string of the molecule is O=C(CNc1cccc2c1C(=O)N(C1CCC(=O)NC1=O)C2=O)NCCCCCC(=O)N1CCN(c2ccc(-c3cnc(NCc4ccco4)n4cnnc34)cc2)CC1. The summed E-state index contributed by atoms with van der Waals surface area (Å²) in [5.41, 5.74) is 4.13. The Balaban J connectivity index is 0.730. The van der Waals surface area contributed by atoms with Crippen molar-refractivity contribution in [2.75, 3.05) is 54.8 Å². The first-order valence-electron chi connectivity index (χ1n) is 19.7. The lowest BCUT2D eigenvalue weighted by Crippen LogP contribution is -2.54. The van der Waals surface area contributed by atoms with Crippen molar-refractivity contribution in [2.45, 2.75) is 51.1 Å². The quantitative estimate of drug-likeness (QED) is 0.0886. The second kappa shape index (κ2) is 17.2. The van der Waals surface area contributed by atoms with Crippen LogP contribution in [0.3, 0.4) is 0 Å². The first-order chi connectivity index (χ1) is 28.7. The molecule has 304 valence electrons. The van der Waals surface area contributed by atoms with E-state index in [0.717, 1.165) is 47.0 Å². The topological polar surface area (TPSA) is 216 Å². The van der Waals surface area contributed by atoms with Crippen molar-refractivity contribution in [1.82, 2.24) is 40.0 Å². The van der Waals surface area contributed by atoms with Crippen LogP contribution in [0.4, 0.5) is 17.3 Å². The number of piperazine rings is 1. The van der Waals surface area contributed by atoms with Crippen LogP contribution in [0.5, 0.6) is 0 Å². The van der Waals surface area contributed by atoms with E-state index in [1.165, 1.54) is 6.07 Å². The Hall–Kier alpha value is -7.11. The fourth-order valence-electron chi connectivity index (χ4n) is 7.66. The van der Waals surface area contributed by atoms with Gasteiger partial charge in [0.2, 0.25) is 29.6 Å². The first-order valence-corrected chi connectivity index (χ1v) is 19.7. The van der Waals surface area contributed by atoms with Gasteiger partial charge in [-0.15, -0.1) is 10.2 Å². The van der Waals surface area contributed by atoms with Gasteiger partial charge in [-0.2, -0.15) is 0 Å². The number of fused-ring (bicyclic) bond motifs is 2. The molecule has 3 aromatic heterocycles. The van der Waals surface area contributed by atoms with Gasteiger partial charge in [0.25, 0.3) is 11.8 Å². The molecule has 6 heterocycles. The van der Waals surface area contributed by atoms with Crippen LogP contribution in [0.25, 0.3) is 16.8 Å². The van der Waals surface area contributed by atoms with E-state index >= 15 is 0 Å². The molecule has 0 radical (unpaired) electrons. The van der Waals surface area contributed by atoms with Crippen LogP contribution in [0, 0.1) is 0 Å². The summed E-state index contributed by atoms with van der Waals surface area (Å²) in [6, 6.07) is 15.6. The monoisotopic (exact) mass is 801 g/mol. The fraction of sp³-hybridized carbons (Fsp3) is 0.341. The average Bonchev–Trinajstić information content (AvgIpc) is 4.02. The van der Waals surface area contributed by atoms with E-state index < -0.39 is 29.7 Å². The van der Waals surface area contributed by atoms with Crippen LogP contribution in [-0.4, -0.2) is 110 Å². The number of nitrogens with zero attached hydrogens (tertiary/aromatic N) is 7. The van der Waals surface area contributed by atoms with Gasteiger partial charge in [-0.1, -0.05) is 24.6 Å². The number of aromatic nitrogens is 4. The predicted octanol–water partition coefficient (Wildman–Crippen LogP) is 2.83. The number of amides is 6. The Morgan fingerprint density at radius 3 is 2.49 bits per heavy atom. The number of hydrogen-bond donors (Lipinski definition) is 4. The van der Waals surface area contributed by atoms with Crippen LogP contribution in [0.1, 0.15) is 65.0 Å². The van der Waals surface area contributed by atoms with Crippen molar-refractivity contribution in [2.24, 2.45) is 0 Å². The number of rotatable bonds is 15. The Bertz CT molecular complexity index is 2390. The van der Waals surface area contributed by atoms with Crippen molar-refractivity contribution < 1.29 is 33.2 Å². The minimum absolute atomic E-state index is 0.0275. The molecular weight excluding hydrogens is 759 g/mol. The third-order valence-corrected chi connectivity index (χ3v) is 10.8. The molecule has 5 aromatic rings. The normalized spacial score (nSPS) is 16.7. The van der Waals surface area contributed by atoms with Crippen molar-refractivity contribution in [1.29, 1.82) is 0 Å². The van der Waals surface area contributed by atoms with Crippen molar-refractivity contribution in [3.05, 3.63) is 90.3 Å². The molecular formula is C41H43N11O7. The summed E-state index contributed by atoms with van der Waals surface area (Å²) in [5.74, 6) is -1.15. The maximum absolute atomic E-state index is 13.3. The van der Waals surface area contributed by atoms with Gasteiger partial charge in [-0.3, -0.25) is 43.4 Å². The molecule has 2 aromatic carbocycles. The Labute approximate surface area is 338 Å². The highest BCUT2D eigenvalue weighted by atomic mass is 16.3. The van der Waals surface area contributed by atoms with Gasteiger partial charge in [0, 0.05) is 68.7 Å². The number of piperidine rings is 1. The second-order valence-corrected chi connectivity index (χ2v) is 14.6. The zero-order valence-electron chi connectivity index (χ0n) is 32.2. The molecule has 3 aliphatic rings. The van der Waals surface area contributed by atoms with E-state index in [1.807, 2.05) is 33.6 Å². The van der Waals surface area contributed by atoms with Crippen LogP contribution < -0.4 is 26.2 Å². The predicted molar refractivity (Wildman–Crippen MR) is 214 cm³/mol. The van der Waals surface area contributed by atoms with Crippen LogP contribution in [0.2, 0.25) is 0 Å². The third kappa shape index (κ3) is 8.32. The van der Waals surface area contributed by atoms with E-state index in [0.29, 0.717) is 62.7 Å². The lowest BCUT2D eigenvalue weighted by Gasteiger charge is -2.36. The molecule has 0 saturated carbocycles.